The number of benzene rings is 1. The quantitative estimate of drug-likeness (QED) is 0.737. The highest BCUT2D eigenvalue weighted by molar-refractivity contribution is 6.31. The summed E-state index contributed by atoms with van der Waals surface area (Å²) in [4.78, 5) is 21.5. The van der Waals surface area contributed by atoms with Gasteiger partial charge in [0.25, 0.3) is 5.95 Å². The molecular weight excluding hydrogens is 362 g/mol. The molecule has 0 bridgehead atoms. The van der Waals surface area contributed by atoms with E-state index < -0.39 is 0 Å². The van der Waals surface area contributed by atoms with Crippen molar-refractivity contribution in [3.05, 3.63) is 63.2 Å². The maximum Gasteiger partial charge on any atom is 0.251 e. The van der Waals surface area contributed by atoms with Gasteiger partial charge in [-0.15, -0.1) is 0 Å². The van der Waals surface area contributed by atoms with Gasteiger partial charge in [0.05, 0.1) is 12.1 Å². The smallest absolute Gasteiger partial charge is 0.251 e. The Labute approximate surface area is 163 Å². The van der Waals surface area contributed by atoms with Crippen LogP contribution in [-0.2, 0) is 11.2 Å². The molecular formula is C20H22ClN5O. The minimum absolute atomic E-state index is 0.118. The fourth-order valence-corrected chi connectivity index (χ4v) is 3.20. The maximum absolute atomic E-state index is 12.6. The molecule has 3 aromatic rings. The van der Waals surface area contributed by atoms with Crippen molar-refractivity contribution >= 4 is 23.2 Å². The first-order chi connectivity index (χ1) is 12.8. The Morgan fingerprint density at radius 1 is 1.11 bits per heavy atom. The number of aryl methyl sites for hydroxylation is 3. The average molecular weight is 384 g/mol. The van der Waals surface area contributed by atoms with Crippen molar-refractivity contribution < 1.29 is 4.79 Å². The minimum Gasteiger partial charge on any atom is -0.326 e. The van der Waals surface area contributed by atoms with Crippen LogP contribution in [0.2, 0.25) is 5.02 Å². The van der Waals surface area contributed by atoms with Gasteiger partial charge in [0.15, 0.2) is 0 Å². The van der Waals surface area contributed by atoms with E-state index in [1.165, 1.54) is 0 Å². The zero-order valence-electron chi connectivity index (χ0n) is 16.1. The second-order valence-corrected chi connectivity index (χ2v) is 7.06. The Morgan fingerprint density at radius 2 is 1.78 bits per heavy atom. The number of aromatic nitrogens is 4. The standard InChI is InChI=1S/C20H22ClN5O/c1-11-9-12(2)23-20(22-11)26-15(5)16(14(4)25-26)10-19(27)24-18-8-6-7-17(21)13(18)3/h6-9H,10H2,1-5H3,(H,24,27). The van der Waals surface area contributed by atoms with E-state index in [-0.39, 0.29) is 12.3 Å². The molecule has 0 saturated heterocycles. The molecule has 0 spiro atoms. The number of hydrogen-bond donors (Lipinski definition) is 1. The molecule has 7 heteroatoms. The van der Waals surface area contributed by atoms with Crippen LogP contribution < -0.4 is 5.32 Å². The molecule has 0 aliphatic carbocycles. The van der Waals surface area contributed by atoms with Gasteiger partial charge in [0, 0.05) is 33.4 Å². The molecule has 0 aliphatic rings. The lowest BCUT2D eigenvalue weighted by Gasteiger charge is -2.10. The number of amides is 1. The predicted octanol–water partition coefficient (Wildman–Crippen LogP) is 4.04. The van der Waals surface area contributed by atoms with E-state index in [2.05, 4.69) is 20.4 Å². The predicted molar refractivity (Wildman–Crippen MR) is 107 cm³/mol. The van der Waals surface area contributed by atoms with E-state index in [9.17, 15) is 4.79 Å². The molecule has 6 nitrogen and oxygen atoms in total. The summed E-state index contributed by atoms with van der Waals surface area (Å²) < 4.78 is 1.70. The molecule has 0 unspecified atom stereocenters. The number of rotatable bonds is 4. The third-order valence-corrected chi connectivity index (χ3v) is 4.89. The average Bonchev–Trinajstić information content (AvgIpc) is 2.86. The number of anilines is 1. The first kappa shape index (κ1) is 19.0. The summed E-state index contributed by atoms with van der Waals surface area (Å²) in [7, 11) is 0. The molecule has 0 saturated carbocycles. The van der Waals surface area contributed by atoms with Crippen LogP contribution in [0.15, 0.2) is 24.3 Å². The van der Waals surface area contributed by atoms with Gasteiger partial charge in [-0.3, -0.25) is 4.79 Å². The molecule has 0 radical (unpaired) electrons. The molecule has 2 aromatic heterocycles. The van der Waals surface area contributed by atoms with Crippen LogP contribution in [0.4, 0.5) is 5.69 Å². The first-order valence-electron chi connectivity index (χ1n) is 8.69. The number of carbonyl (C=O) groups excluding carboxylic acids is 1. The van der Waals surface area contributed by atoms with Gasteiger partial charge in [-0.25, -0.2) is 14.6 Å². The molecule has 140 valence electrons. The highest BCUT2D eigenvalue weighted by Gasteiger charge is 2.18. The zero-order valence-corrected chi connectivity index (χ0v) is 16.8. The lowest BCUT2D eigenvalue weighted by Crippen LogP contribution is -2.16. The molecule has 3 rings (SSSR count). The lowest BCUT2D eigenvalue weighted by atomic mass is 10.1. The summed E-state index contributed by atoms with van der Waals surface area (Å²) in [5.41, 5.74) is 5.83. The Kier molecular flexibility index (Phi) is 5.28. The fraction of sp³-hybridized carbons (Fsp3) is 0.300. The largest absolute Gasteiger partial charge is 0.326 e. The topological polar surface area (TPSA) is 72.7 Å². The molecule has 1 amide bonds. The number of halogens is 1. The van der Waals surface area contributed by atoms with Crippen LogP contribution in [0.25, 0.3) is 5.95 Å². The monoisotopic (exact) mass is 383 g/mol. The SMILES string of the molecule is Cc1cc(C)nc(-n2nc(C)c(CC(=O)Nc3cccc(Cl)c3C)c2C)n1. The molecule has 1 aromatic carbocycles. The highest BCUT2D eigenvalue weighted by atomic mass is 35.5. The van der Waals surface area contributed by atoms with Crippen LogP contribution in [0, 0.1) is 34.6 Å². The summed E-state index contributed by atoms with van der Waals surface area (Å²) in [5, 5.41) is 8.10. The van der Waals surface area contributed by atoms with E-state index >= 15 is 0 Å². The van der Waals surface area contributed by atoms with E-state index in [1.807, 2.05) is 52.8 Å². The first-order valence-corrected chi connectivity index (χ1v) is 9.06. The number of carbonyl (C=O) groups is 1. The van der Waals surface area contributed by atoms with Crippen molar-refractivity contribution in [2.75, 3.05) is 5.32 Å². The van der Waals surface area contributed by atoms with E-state index in [1.54, 1.807) is 10.7 Å². The van der Waals surface area contributed by atoms with Crippen molar-refractivity contribution in [2.24, 2.45) is 0 Å². The van der Waals surface area contributed by atoms with Crippen LogP contribution in [0.3, 0.4) is 0 Å². The molecule has 0 fully saturated rings. The summed E-state index contributed by atoms with van der Waals surface area (Å²) in [6.45, 7) is 9.54. The van der Waals surface area contributed by atoms with Crippen molar-refractivity contribution in [1.82, 2.24) is 19.7 Å². The Balaban J connectivity index is 1.86. The third-order valence-electron chi connectivity index (χ3n) is 4.48. The second kappa shape index (κ2) is 7.48. The molecule has 0 aliphatic heterocycles. The molecule has 2 heterocycles. The Morgan fingerprint density at radius 3 is 2.44 bits per heavy atom. The summed E-state index contributed by atoms with van der Waals surface area (Å²) in [5.74, 6) is 0.401. The highest BCUT2D eigenvalue weighted by Crippen LogP contribution is 2.24. The zero-order chi connectivity index (χ0) is 19.7. The van der Waals surface area contributed by atoms with Gasteiger partial charge in [0.2, 0.25) is 5.91 Å². The van der Waals surface area contributed by atoms with E-state index in [4.69, 9.17) is 11.6 Å². The Hall–Kier alpha value is -2.73. The second-order valence-electron chi connectivity index (χ2n) is 6.65. The van der Waals surface area contributed by atoms with Gasteiger partial charge < -0.3 is 5.32 Å². The number of nitrogens with zero attached hydrogens (tertiary/aromatic N) is 4. The van der Waals surface area contributed by atoms with Crippen molar-refractivity contribution in [1.29, 1.82) is 0 Å². The Bertz CT molecular complexity index is 1010. The van der Waals surface area contributed by atoms with Crippen LogP contribution in [0.1, 0.15) is 33.9 Å². The summed E-state index contributed by atoms with van der Waals surface area (Å²) in [6.07, 6.45) is 0.217. The minimum atomic E-state index is -0.118. The number of nitrogens with one attached hydrogen (secondary N) is 1. The van der Waals surface area contributed by atoms with Gasteiger partial charge in [0.1, 0.15) is 0 Å². The van der Waals surface area contributed by atoms with Crippen LogP contribution in [0.5, 0.6) is 0 Å². The molecule has 27 heavy (non-hydrogen) atoms. The maximum atomic E-state index is 12.6. The van der Waals surface area contributed by atoms with Crippen molar-refractivity contribution in [3.63, 3.8) is 0 Å². The van der Waals surface area contributed by atoms with Gasteiger partial charge in [-0.2, -0.15) is 5.10 Å². The molecule has 0 atom stereocenters. The van der Waals surface area contributed by atoms with Gasteiger partial charge in [-0.1, -0.05) is 17.7 Å². The van der Waals surface area contributed by atoms with Crippen LogP contribution >= 0.6 is 11.6 Å². The summed E-state index contributed by atoms with van der Waals surface area (Å²) >= 11 is 6.13. The van der Waals surface area contributed by atoms with Crippen LogP contribution in [-0.4, -0.2) is 25.7 Å². The van der Waals surface area contributed by atoms with Gasteiger partial charge in [-0.05, 0) is 58.4 Å². The molecule has 1 N–H and O–H groups in total. The van der Waals surface area contributed by atoms with Crippen molar-refractivity contribution in [3.8, 4) is 5.95 Å². The van der Waals surface area contributed by atoms with E-state index in [0.29, 0.717) is 16.7 Å². The third kappa shape index (κ3) is 4.01. The normalized spacial score (nSPS) is 10.9. The summed E-state index contributed by atoms with van der Waals surface area (Å²) in [6, 6.07) is 7.37. The van der Waals surface area contributed by atoms with E-state index in [0.717, 1.165) is 33.9 Å². The van der Waals surface area contributed by atoms with Gasteiger partial charge >= 0.3 is 0 Å². The van der Waals surface area contributed by atoms with Crippen molar-refractivity contribution in [2.45, 2.75) is 41.0 Å². The number of hydrogen-bond acceptors (Lipinski definition) is 4. The lowest BCUT2D eigenvalue weighted by molar-refractivity contribution is -0.115. The fourth-order valence-electron chi connectivity index (χ4n) is 3.03.